The molecule has 3 N–H and O–H groups in total. The van der Waals surface area contributed by atoms with Crippen molar-refractivity contribution in [3.05, 3.63) is 54.1 Å². The van der Waals surface area contributed by atoms with Crippen molar-refractivity contribution in [2.75, 3.05) is 26.3 Å². The fourth-order valence-electron chi connectivity index (χ4n) is 4.80. The monoisotopic (exact) mass is 672 g/mol. The predicted molar refractivity (Wildman–Crippen MR) is 167 cm³/mol. The minimum atomic E-state index is -1.23. The molecular formula is C33H40N2O13. The summed E-state index contributed by atoms with van der Waals surface area (Å²) in [4.78, 5) is 70.8. The van der Waals surface area contributed by atoms with Crippen LogP contribution >= 0.6 is 0 Å². The van der Waals surface area contributed by atoms with Crippen molar-refractivity contribution in [2.45, 2.75) is 71.2 Å². The van der Waals surface area contributed by atoms with Crippen LogP contribution in [-0.4, -0.2) is 97.8 Å². The molecule has 5 unspecified atom stereocenters. The third kappa shape index (κ3) is 12.0. The van der Waals surface area contributed by atoms with E-state index in [2.05, 4.69) is 10.6 Å². The van der Waals surface area contributed by atoms with Crippen LogP contribution in [0.4, 0.5) is 0 Å². The zero-order valence-electron chi connectivity index (χ0n) is 27.1. The summed E-state index contributed by atoms with van der Waals surface area (Å²) in [5, 5.41) is 14.5. The first-order valence-electron chi connectivity index (χ1n) is 15.2. The quantitative estimate of drug-likeness (QED) is 0.133. The molecule has 1 aliphatic heterocycles. The molecule has 15 nitrogen and oxygen atoms in total. The van der Waals surface area contributed by atoms with Crippen molar-refractivity contribution in [3.63, 3.8) is 0 Å². The first-order valence-corrected chi connectivity index (χ1v) is 15.2. The van der Waals surface area contributed by atoms with E-state index in [0.717, 1.165) is 25.0 Å². The number of benzene rings is 2. The molecule has 0 bridgehead atoms. The van der Waals surface area contributed by atoms with Crippen molar-refractivity contribution < 1.29 is 62.3 Å². The number of esters is 3. The molecule has 1 aliphatic rings. The van der Waals surface area contributed by atoms with Gasteiger partial charge in [0.15, 0.2) is 31.2 Å². The molecule has 48 heavy (non-hydrogen) atoms. The summed E-state index contributed by atoms with van der Waals surface area (Å²) in [6, 6.07) is 13.4. The van der Waals surface area contributed by atoms with Gasteiger partial charge in [0.1, 0.15) is 5.75 Å². The smallest absolute Gasteiger partial charge is 0.335 e. The minimum absolute atomic E-state index is 0.0252. The zero-order chi connectivity index (χ0) is 35.2. The summed E-state index contributed by atoms with van der Waals surface area (Å²) >= 11 is 0. The van der Waals surface area contributed by atoms with Crippen LogP contribution in [0.1, 0.15) is 50.9 Å². The Balaban J connectivity index is 1.36. The lowest BCUT2D eigenvalue weighted by Crippen LogP contribution is -2.61. The van der Waals surface area contributed by atoms with Gasteiger partial charge in [0.05, 0.1) is 18.3 Å². The molecule has 260 valence electrons. The second kappa shape index (κ2) is 18.4. The van der Waals surface area contributed by atoms with Gasteiger partial charge in [0, 0.05) is 40.3 Å². The fourth-order valence-corrected chi connectivity index (χ4v) is 4.80. The van der Waals surface area contributed by atoms with Gasteiger partial charge in [0.2, 0.25) is 5.91 Å². The summed E-state index contributed by atoms with van der Waals surface area (Å²) < 4.78 is 32.9. The summed E-state index contributed by atoms with van der Waals surface area (Å²) in [5.41, 5.74) is 1.71. The van der Waals surface area contributed by atoms with Gasteiger partial charge >= 0.3 is 23.9 Å². The van der Waals surface area contributed by atoms with Gasteiger partial charge in [-0.1, -0.05) is 24.3 Å². The van der Waals surface area contributed by atoms with Crippen molar-refractivity contribution >= 4 is 35.7 Å². The molecule has 0 radical (unpaired) electrons. The number of rotatable bonds is 16. The zero-order valence-corrected chi connectivity index (χ0v) is 27.1. The molecule has 1 saturated heterocycles. The molecule has 0 aromatic heterocycles. The van der Waals surface area contributed by atoms with Gasteiger partial charge in [-0.25, -0.2) is 4.79 Å². The summed E-state index contributed by atoms with van der Waals surface area (Å²) in [5.74, 6) is -3.25. The Hall–Kier alpha value is -5.02. The van der Waals surface area contributed by atoms with E-state index < -0.39 is 54.6 Å². The van der Waals surface area contributed by atoms with E-state index in [-0.39, 0.29) is 56.5 Å². The highest BCUT2D eigenvalue weighted by atomic mass is 16.7. The van der Waals surface area contributed by atoms with Gasteiger partial charge in [-0.2, -0.15) is 0 Å². The van der Waals surface area contributed by atoms with Crippen LogP contribution in [0.5, 0.6) is 5.75 Å². The number of hydrogen-bond acceptors (Lipinski definition) is 12. The van der Waals surface area contributed by atoms with E-state index in [4.69, 9.17) is 28.4 Å². The van der Waals surface area contributed by atoms with E-state index in [9.17, 15) is 33.9 Å². The van der Waals surface area contributed by atoms with Crippen LogP contribution in [-0.2, 0) is 47.7 Å². The molecule has 2 aromatic rings. The second-order valence-electron chi connectivity index (χ2n) is 10.8. The lowest BCUT2D eigenvalue weighted by Gasteiger charge is -2.43. The van der Waals surface area contributed by atoms with Crippen molar-refractivity contribution in [1.29, 1.82) is 0 Å². The molecule has 0 spiro atoms. The van der Waals surface area contributed by atoms with Crippen LogP contribution in [0, 0.1) is 0 Å². The number of carbonyl (C=O) groups is 6. The first kappa shape index (κ1) is 37.4. The third-order valence-corrected chi connectivity index (χ3v) is 6.90. The largest absolute Gasteiger partial charge is 0.484 e. The van der Waals surface area contributed by atoms with Gasteiger partial charge in [-0.15, -0.1) is 0 Å². The molecule has 1 fully saturated rings. The van der Waals surface area contributed by atoms with E-state index in [0.29, 0.717) is 5.75 Å². The lowest BCUT2D eigenvalue weighted by molar-refractivity contribution is -0.300. The molecule has 15 heteroatoms. The van der Waals surface area contributed by atoms with E-state index in [1.165, 1.54) is 13.0 Å². The number of carboxylic acid groups (broad SMARTS) is 1. The number of nitrogens with one attached hydrogen (secondary N) is 2. The first-order chi connectivity index (χ1) is 22.8. The molecule has 2 amide bonds. The summed E-state index contributed by atoms with van der Waals surface area (Å²) in [6.45, 7) is 5.23. The Kier molecular flexibility index (Phi) is 14.3. The van der Waals surface area contributed by atoms with Gasteiger partial charge < -0.3 is 44.2 Å². The summed E-state index contributed by atoms with van der Waals surface area (Å²) in [6.07, 6.45) is -5.03. The minimum Gasteiger partial charge on any atom is -0.484 e. The molecule has 0 aliphatic carbocycles. The number of aromatic carboxylic acids is 1. The summed E-state index contributed by atoms with van der Waals surface area (Å²) in [7, 11) is 0. The number of carboxylic acids is 1. The average Bonchev–Trinajstić information content (AvgIpc) is 3.03. The third-order valence-electron chi connectivity index (χ3n) is 6.90. The maximum absolute atomic E-state index is 12.3. The predicted octanol–water partition coefficient (Wildman–Crippen LogP) is 2.00. The normalized spacial score (nSPS) is 20.1. The molecule has 2 aromatic carbocycles. The highest BCUT2D eigenvalue weighted by Crippen LogP contribution is 2.29. The number of carbonyl (C=O) groups excluding carboxylic acids is 5. The topological polar surface area (TPSA) is 202 Å². The van der Waals surface area contributed by atoms with Crippen LogP contribution < -0.4 is 15.4 Å². The van der Waals surface area contributed by atoms with Crippen molar-refractivity contribution in [3.8, 4) is 16.9 Å². The number of ether oxygens (including phenoxy) is 6. The van der Waals surface area contributed by atoms with Gasteiger partial charge in [0.25, 0.3) is 5.91 Å². The van der Waals surface area contributed by atoms with Gasteiger partial charge in [-0.05, 0) is 48.7 Å². The Morgan fingerprint density at radius 1 is 0.771 bits per heavy atom. The number of hydrogen-bond donors (Lipinski definition) is 3. The molecule has 3 rings (SSSR count). The molecule has 1 heterocycles. The standard InChI is InChI=1S/C33H40N2O13/c1-19-29(46-20(2)36)30(47-21(3)37)31(48-22(4)38)33(45-19)43-16-6-9-27(39)34-14-15-35-28(40)18-44-26-12-10-23(11-13-26)24-7-5-8-25(17-24)32(41)42/h5,7-8,10-13,17,19,29-31,33H,6,9,14-16,18H2,1-4H3,(H,34,39)(H,35,40)(H,41,42). The molecular weight excluding hydrogens is 632 g/mol. The van der Waals surface area contributed by atoms with Crippen LogP contribution in [0.25, 0.3) is 11.1 Å². The Morgan fingerprint density at radius 2 is 1.38 bits per heavy atom. The maximum atomic E-state index is 12.3. The molecule has 0 saturated carbocycles. The number of amides is 2. The fraction of sp³-hybridized carbons (Fsp3) is 0.455. The lowest BCUT2D eigenvalue weighted by atomic mass is 9.99. The highest BCUT2D eigenvalue weighted by molar-refractivity contribution is 5.89. The maximum Gasteiger partial charge on any atom is 0.335 e. The molecule has 5 atom stereocenters. The van der Waals surface area contributed by atoms with E-state index in [1.54, 1.807) is 49.4 Å². The highest BCUT2D eigenvalue weighted by Gasteiger charge is 2.50. The van der Waals surface area contributed by atoms with Crippen LogP contribution in [0.15, 0.2) is 48.5 Å². The Morgan fingerprint density at radius 3 is 2.00 bits per heavy atom. The van der Waals surface area contributed by atoms with E-state index in [1.807, 2.05) is 0 Å². The van der Waals surface area contributed by atoms with Gasteiger partial charge in [-0.3, -0.25) is 24.0 Å². The SMILES string of the molecule is CC(=O)OC1C(C)OC(OCCCC(=O)NCCNC(=O)COc2ccc(-c3cccc(C(=O)O)c3)cc2)C(OC(C)=O)C1OC(C)=O. The van der Waals surface area contributed by atoms with E-state index >= 15 is 0 Å². The van der Waals surface area contributed by atoms with Crippen molar-refractivity contribution in [1.82, 2.24) is 10.6 Å². The van der Waals surface area contributed by atoms with Crippen LogP contribution in [0.3, 0.4) is 0 Å². The van der Waals surface area contributed by atoms with Crippen molar-refractivity contribution in [2.24, 2.45) is 0 Å². The Labute approximate surface area is 277 Å². The Bertz CT molecular complexity index is 1450. The average molecular weight is 673 g/mol. The second-order valence-corrected chi connectivity index (χ2v) is 10.8. The van der Waals surface area contributed by atoms with Crippen LogP contribution in [0.2, 0.25) is 0 Å².